The Bertz CT molecular complexity index is 508. The van der Waals surface area contributed by atoms with Crippen LogP contribution in [0.15, 0.2) is 18.2 Å². The predicted molar refractivity (Wildman–Crippen MR) is 87.7 cm³/mol. The topological polar surface area (TPSA) is 32.3 Å². The number of carbonyl (C=O) groups is 1. The summed E-state index contributed by atoms with van der Waals surface area (Å²) >= 11 is 0. The third kappa shape index (κ3) is 3.78. The number of rotatable bonds is 4. The van der Waals surface area contributed by atoms with E-state index in [1.54, 1.807) is 0 Å². The van der Waals surface area contributed by atoms with Crippen molar-refractivity contribution in [1.82, 2.24) is 10.2 Å². The van der Waals surface area contributed by atoms with Crippen molar-refractivity contribution in [1.29, 1.82) is 0 Å². The summed E-state index contributed by atoms with van der Waals surface area (Å²) in [5.41, 5.74) is 3.89. The van der Waals surface area contributed by atoms with Gasteiger partial charge in [0.05, 0.1) is 5.92 Å². The van der Waals surface area contributed by atoms with E-state index in [0.29, 0.717) is 11.9 Å². The molecule has 1 amide bonds. The number of nitrogens with zero attached hydrogens (tertiary/aromatic N) is 1. The van der Waals surface area contributed by atoms with E-state index < -0.39 is 0 Å². The fourth-order valence-electron chi connectivity index (χ4n) is 2.97. The Kier molecular flexibility index (Phi) is 5.28. The van der Waals surface area contributed by atoms with E-state index in [4.69, 9.17) is 0 Å². The molecule has 2 aliphatic rings. The molecule has 0 spiro atoms. The molecule has 3 rings (SSSR count). The van der Waals surface area contributed by atoms with E-state index in [9.17, 15) is 4.79 Å². The summed E-state index contributed by atoms with van der Waals surface area (Å²) in [7, 11) is 0. The van der Waals surface area contributed by atoms with Crippen molar-refractivity contribution in [3.63, 3.8) is 0 Å². The largest absolute Gasteiger partial charge is 0.335 e. The lowest BCUT2D eigenvalue weighted by atomic mass is 10.0. The third-order valence-corrected chi connectivity index (χ3v) is 4.60. The van der Waals surface area contributed by atoms with Crippen LogP contribution in [0, 0.1) is 19.8 Å². The number of nitrogens with one attached hydrogen (secondary N) is 1. The molecule has 3 nitrogen and oxygen atoms in total. The monoisotopic (exact) mass is 308 g/mol. The second-order valence-electron chi connectivity index (χ2n) is 6.31. The first kappa shape index (κ1) is 16.3. The van der Waals surface area contributed by atoms with Crippen LogP contribution < -0.4 is 5.32 Å². The molecule has 1 heterocycles. The lowest BCUT2D eigenvalue weighted by molar-refractivity contribution is -0.136. The maximum atomic E-state index is 12.7. The first-order valence-corrected chi connectivity index (χ1v) is 7.72. The highest BCUT2D eigenvalue weighted by atomic mass is 35.5. The zero-order valence-electron chi connectivity index (χ0n) is 12.9. The fraction of sp³-hybridized carbons (Fsp3) is 0.588. The SMILES string of the molecule is Cc1ccc(CN(C(=O)C2CCNC2)C2CC2)cc1C.Cl. The molecule has 1 aromatic carbocycles. The first-order chi connectivity index (χ1) is 9.65. The van der Waals surface area contributed by atoms with Crippen molar-refractivity contribution in [2.24, 2.45) is 5.92 Å². The smallest absolute Gasteiger partial charge is 0.227 e. The van der Waals surface area contributed by atoms with Crippen LogP contribution in [0.2, 0.25) is 0 Å². The lowest BCUT2D eigenvalue weighted by Crippen LogP contribution is -2.38. The summed E-state index contributed by atoms with van der Waals surface area (Å²) in [5.74, 6) is 0.554. The van der Waals surface area contributed by atoms with Gasteiger partial charge in [0.2, 0.25) is 5.91 Å². The maximum Gasteiger partial charge on any atom is 0.227 e. The standard InChI is InChI=1S/C17H24N2O.ClH/c1-12-3-4-14(9-13(12)2)11-19(16-5-6-16)17(20)15-7-8-18-10-15;/h3-4,9,15-16,18H,5-8,10-11H2,1-2H3;1H. The molecule has 1 saturated carbocycles. The predicted octanol–water partition coefficient (Wildman–Crippen LogP) is 2.83. The van der Waals surface area contributed by atoms with E-state index >= 15 is 0 Å². The summed E-state index contributed by atoms with van der Waals surface area (Å²) in [4.78, 5) is 14.8. The number of hydrogen-bond acceptors (Lipinski definition) is 2. The van der Waals surface area contributed by atoms with Crippen molar-refractivity contribution in [2.45, 2.75) is 45.7 Å². The molecule has 21 heavy (non-hydrogen) atoms. The summed E-state index contributed by atoms with van der Waals surface area (Å²) in [6.07, 6.45) is 3.35. The van der Waals surface area contributed by atoms with Crippen LogP contribution >= 0.6 is 12.4 Å². The second-order valence-corrected chi connectivity index (χ2v) is 6.31. The number of amides is 1. The Labute approximate surface area is 133 Å². The van der Waals surface area contributed by atoms with Gasteiger partial charge in [-0.1, -0.05) is 18.2 Å². The van der Waals surface area contributed by atoms with Crippen LogP contribution in [0.3, 0.4) is 0 Å². The highest BCUT2D eigenvalue weighted by Gasteiger charge is 2.36. The maximum absolute atomic E-state index is 12.7. The number of aryl methyl sites for hydroxylation is 2. The van der Waals surface area contributed by atoms with Gasteiger partial charge in [-0.15, -0.1) is 12.4 Å². The first-order valence-electron chi connectivity index (χ1n) is 7.72. The molecule has 1 aliphatic heterocycles. The van der Waals surface area contributed by atoms with E-state index in [1.165, 1.54) is 29.5 Å². The molecule has 0 bridgehead atoms. The molecular weight excluding hydrogens is 284 g/mol. The van der Waals surface area contributed by atoms with Gasteiger partial charge in [0, 0.05) is 19.1 Å². The summed E-state index contributed by atoms with van der Waals surface area (Å²) in [6.45, 7) is 6.89. The van der Waals surface area contributed by atoms with Gasteiger partial charge in [-0.3, -0.25) is 4.79 Å². The molecule has 1 saturated heterocycles. The number of carbonyl (C=O) groups excluding carboxylic acids is 1. The minimum Gasteiger partial charge on any atom is -0.335 e. The van der Waals surface area contributed by atoms with Crippen LogP contribution in [-0.4, -0.2) is 29.9 Å². The number of halogens is 1. The van der Waals surface area contributed by atoms with Crippen molar-refractivity contribution >= 4 is 18.3 Å². The Morgan fingerprint density at radius 2 is 2.00 bits per heavy atom. The van der Waals surface area contributed by atoms with Gasteiger partial charge in [-0.25, -0.2) is 0 Å². The van der Waals surface area contributed by atoms with E-state index in [0.717, 1.165) is 26.1 Å². The van der Waals surface area contributed by atoms with Crippen LogP contribution in [0.1, 0.15) is 36.0 Å². The molecule has 1 N–H and O–H groups in total. The molecule has 0 aromatic heterocycles. The summed E-state index contributed by atoms with van der Waals surface area (Å²) in [5, 5.41) is 3.30. The summed E-state index contributed by atoms with van der Waals surface area (Å²) < 4.78 is 0. The molecule has 1 aliphatic carbocycles. The van der Waals surface area contributed by atoms with Gasteiger partial charge < -0.3 is 10.2 Å². The number of benzene rings is 1. The Hall–Kier alpha value is -1.06. The zero-order chi connectivity index (χ0) is 14.1. The Morgan fingerprint density at radius 1 is 1.24 bits per heavy atom. The fourth-order valence-corrected chi connectivity index (χ4v) is 2.97. The molecule has 4 heteroatoms. The van der Waals surface area contributed by atoms with Gasteiger partial charge in [0.15, 0.2) is 0 Å². The Morgan fingerprint density at radius 3 is 2.57 bits per heavy atom. The normalized spacial score (nSPS) is 21.0. The molecule has 116 valence electrons. The Balaban J connectivity index is 0.00000161. The van der Waals surface area contributed by atoms with Crippen LogP contribution in [0.4, 0.5) is 0 Å². The highest BCUT2D eigenvalue weighted by molar-refractivity contribution is 5.85. The van der Waals surface area contributed by atoms with Crippen molar-refractivity contribution < 1.29 is 4.79 Å². The van der Waals surface area contributed by atoms with E-state index in [-0.39, 0.29) is 18.3 Å². The quantitative estimate of drug-likeness (QED) is 0.927. The highest BCUT2D eigenvalue weighted by Crippen LogP contribution is 2.30. The van der Waals surface area contributed by atoms with Gasteiger partial charge in [-0.2, -0.15) is 0 Å². The molecule has 2 fully saturated rings. The molecule has 1 unspecified atom stereocenters. The van der Waals surface area contributed by atoms with Gasteiger partial charge in [0.1, 0.15) is 0 Å². The van der Waals surface area contributed by atoms with E-state index in [1.807, 2.05) is 0 Å². The lowest BCUT2D eigenvalue weighted by Gasteiger charge is -2.25. The van der Waals surface area contributed by atoms with Gasteiger partial charge in [-0.05, 0) is 56.3 Å². The average molecular weight is 309 g/mol. The van der Waals surface area contributed by atoms with Crippen molar-refractivity contribution in [3.05, 3.63) is 34.9 Å². The zero-order valence-corrected chi connectivity index (χ0v) is 13.7. The number of hydrogen-bond donors (Lipinski definition) is 1. The molecule has 1 aromatic rings. The van der Waals surface area contributed by atoms with Crippen LogP contribution in [0.25, 0.3) is 0 Å². The third-order valence-electron chi connectivity index (χ3n) is 4.60. The van der Waals surface area contributed by atoms with Crippen molar-refractivity contribution in [3.8, 4) is 0 Å². The van der Waals surface area contributed by atoms with Crippen LogP contribution in [0.5, 0.6) is 0 Å². The van der Waals surface area contributed by atoms with E-state index in [2.05, 4.69) is 42.3 Å². The molecule has 0 radical (unpaired) electrons. The second kappa shape index (κ2) is 6.80. The molecule has 1 atom stereocenters. The van der Waals surface area contributed by atoms with Gasteiger partial charge >= 0.3 is 0 Å². The van der Waals surface area contributed by atoms with Gasteiger partial charge in [0.25, 0.3) is 0 Å². The summed E-state index contributed by atoms with van der Waals surface area (Å²) in [6, 6.07) is 7.05. The van der Waals surface area contributed by atoms with Crippen LogP contribution in [-0.2, 0) is 11.3 Å². The average Bonchev–Trinajstić information content (AvgIpc) is 3.13. The molecular formula is C17H25ClN2O. The van der Waals surface area contributed by atoms with Crippen molar-refractivity contribution in [2.75, 3.05) is 13.1 Å². The minimum absolute atomic E-state index is 0. The minimum atomic E-state index is 0.